The van der Waals surface area contributed by atoms with Gasteiger partial charge in [0, 0.05) is 11.8 Å². The number of hydrogen-bond acceptors (Lipinski definition) is 7. The first kappa shape index (κ1) is 18.9. The molecular formula is C16H20N2O6S. The molecule has 0 bridgehead atoms. The van der Waals surface area contributed by atoms with E-state index in [2.05, 4.69) is 15.4 Å². The quantitative estimate of drug-likeness (QED) is 0.726. The first-order chi connectivity index (χ1) is 11.9. The summed E-state index contributed by atoms with van der Waals surface area (Å²) in [4.78, 5) is 47.5. The lowest BCUT2D eigenvalue weighted by Crippen LogP contribution is -2.33. The van der Waals surface area contributed by atoms with E-state index in [1.165, 1.54) is 25.4 Å². The minimum Gasteiger partial charge on any atom is -0.468 e. The average Bonchev–Trinajstić information content (AvgIpc) is 2.94. The number of thiophene rings is 1. The number of aryl methyl sites for hydroxylation is 1. The third-order valence-corrected chi connectivity index (χ3v) is 4.86. The maximum absolute atomic E-state index is 12.4. The van der Waals surface area contributed by atoms with Crippen molar-refractivity contribution >= 4 is 40.1 Å². The lowest BCUT2D eigenvalue weighted by Gasteiger charge is -2.12. The number of ether oxygens (including phenoxy) is 2. The Hall–Kier alpha value is -2.42. The molecule has 0 saturated carbocycles. The number of amides is 2. The summed E-state index contributed by atoms with van der Waals surface area (Å²) in [7, 11) is 1.21. The fourth-order valence-electron chi connectivity index (χ4n) is 2.53. The maximum atomic E-state index is 12.4. The maximum Gasteiger partial charge on any atom is 0.341 e. The van der Waals surface area contributed by atoms with Crippen LogP contribution in [-0.4, -0.2) is 44.0 Å². The largest absolute Gasteiger partial charge is 0.468 e. The van der Waals surface area contributed by atoms with Gasteiger partial charge in [-0.05, 0) is 31.2 Å². The van der Waals surface area contributed by atoms with Gasteiger partial charge in [0.05, 0.1) is 12.7 Å². The van der Waals surface area contributed by atoms with Crippen molar-refractivity contribution in [2.75, 3.05) is 25.6 Å². The van der Waals surface area contributed by atoms with Crippen LogP contribution in [0, 0.1) is 0 Å². The van der Waals surface area contributed by atoms with Crippen LogP contribution in [0.25, 0.3) is 0 Å². The molecule has 0 fully saturated rings. The zero-order valence-electron chi connectivity index (χ0n) is 14.1. The Morgan fingerprint density at radius 3 is 2.56 bits per heavy atom. The van der Waals surface area contributed by atoms with E-state index < -0.39 is 24.5 Å². The molecule has 0 radical (unpaired) electrons. The summed E-state index contributed by atoms with van der Waals surface area (Å²) in [6.45, 7) is 0.561. The number of rotatable bonds is 6. The predicted octanol–water partition coefficient (Wildman–Crippen LogP) is 1.03. The highest BCUT2D eigenvalue weighted by atomic mass is 32.1. The van der Waals surface area contributed by atoms with Crippen molar-refractivity contribution in [3.63, 3.8) is 0 Å². The number of nitrogens with one attached hydrogen (secondary N) is 2. The molecule has 8 nitrogen and oxygen atoms in total. The second kappa shape index (κ2) is 8.61. The molecule has 1 aliphatic carbocycles. The number of carbonyl (C=O) groups excluding carboxylic acids is 4. The zero-order chi connectivity index (χ0) is 18.4. The SMILES string of the molecule is COC(=O)CNC(=O)COC(=O)c1c(NC(C)=O)sc2c1CCCC2. The highest BCUT2D eigenvalue weighted by molar-refractivity contribution is 7.17. The predicted molar refractivity (Wildman–Crippen MR) is 90.6 cm³/mol. The average molecular weight is 368 g/mol. The molecule has 1 aliphatic rings. The van der Waals surface area contributed by atoms with Crippen molar-refractivity contribution in [3.8, 4) is 0 Å². The van der Waals surface area contributed by atoms with E-state index in [9.17, 15) is 19.2 Å². The first-order valence-corrected chi connectivity index (χ1v) is 8.66. The summed E-state index contributed by atoms with van der Waals surface area (Å²) in [5.74, 6) is -2.14. The number of esters is 2. The summed E-state index contributed by atoms with van der Waals surface area (Å²) in [5.41, 5.74) is 1.22. The third-order valence-electron chi connectivity index (χ3n) is 3.66. The number of fused-ring (bicyclic) bond motifs is 1. The van der Waals surface area contributed by atoms with Crippen LogP contribution in [0.3, 0.4) is 0 Å². The highest BCUT2D eigenvalue weighted by Gasteiger charge is 2.27. The number of anilines is 1. The first-order valence-electron chi connectivity index (χ1n) is 7.85. The van der Waals surface area contributed by atoms with Crippen LogP contribution < -0.4 is 10.6 Å². The molecule has 0 spiro atoms. The molecule has 0 atom stereocenters. The van der Waals surface area contributed by atoms with Crippen molar-refractivity contribution < 1.29 is 28.7 Å². The number of methoxy groups -OCH3 is 1. The Bertz CT molecular complexity index is 697. The van der Waals surface area contributed by atoms with Gasteiger partial charge < -0.3 is 20.1 Å². The van der Waals surface area contributed by atoms with Gasteiger partial charge in [-0.15, -0.1) is 11.3 Å². The van der Waals surface area contributed by atoms with Crippen LogP contribution in [-0.2, 0) is 36.7 Å². The Kier molecular flexibility index (Phi) is 6.51. The molecule has 2 N–H and O–H groups in total. The standard InChI is InChI=1S/C16H20N2O6S/c1-9(19)18-15-14(10-5-3-4-6-11(10)25-15)16(22)24-8-12(20)17-7-13(21)23-2/h3-8H2,1-2H3,(H,17,20)(H,18,19). The van der Waals surface area contributed by atoms with Crippen molar-refractivity contribution in [3.05, 3.63) is 16.0 Å². The van der Waals surface area contributed by atoms with Gasteiger partial charge in [0.25, 0.3) is 5.91 Å². The molecule has 1 heterocycles. The van der Waals surface area contributed by atoms with Crippen molar-refractivity contribution in [1.29, 1.82) is 0 Å². The Morgan fingerprint density at radius 2 is 1.88 bits per heavy atom. The fourth-order valence-corrected chi connectivity index (χ4v) is 3.85. The zero-order valence-corrected chi connectivity index (χ0v) is 14.9. The second-order valence-corrected chi connectivity index (χ2v) is 6.63. The van der Waals surface area contributed by atoms with Gasteiger partial charge in [-0.2, -0.15) is 0 Å². The molecular weight excluding hydrogens is 348 g/mol. The highest BCUT2D eigenvalue weighted by Crippen LogP contribution is 2.38. The molecule has 1 aromatic rings. The summed E-state index contributed by atoms with van der Waals surface area (Å²) in [5, 5.41) is 5.41. The van der Waals surface area contributed by atoms with Crippen LogP contribution in [0.5, 0.6) is 0 Å². The van der Waals surface area contributed by atoms with E-state index in [0.717, 1.165) is 36.1 Å². The van der Waals surface area contributed by atoms with Gasteiger partial charge in [0.2, 0.25) is 5.91 Å². The summed E-state index contributed by atoms with van der Waals surface area (Å²) in [6, 6.07) is 0. The molecule has 9 heteroatoms. The summed E-state index contributed by atoms with van der Waals surface area (Å²) in [6.07, 6.45) is 3.60. The fraction of sp³-hybridized carbons (Fsp3) is 0.500. The number of carbonyl (C=O) groups is 4. The normalized spacial score (nSPS) is 12.7. The van der Waals surface area contributed by atoms with Gasteiger partial charge in [0.1, 0.15) is 11.5 Å². The minimum absolute atomic E-state index is 0.275. The van der Waals surface area contributed by atoms with Gasteiger partial charge in [-0.25, -0.2) is 4.79 Å². The van der Waals surface area contributed by atoms with Crippen molar-refractivity contribution in [1.82, 2.24) is 5.32 Å². The van der Waals surface area contributed by atoms with Crippen molar-refractivity contribution in [2.45, 2.75) is 32.6 Å². The molecule has 0 unspecified atom stereocenters. The molecule has 0 aliphatic heterocycles. The third kappa shape index (κ3) is 5.02. The Morgan fingerprint density at radius 1 is 1.16 bits per heavy atom. The molecule has 2 amide bonds. The van der Waals surface area contributed by atoms with E-state index in [-0.39, 0.29) is 12.5 Å². The monoisotopic (exact) mass is 368 g/mol. The number of hydrogen-bond donors (Lipinski definition) is 2. The summed E-state index contributed by atoms with van der Waals surface area (Å²) >= 11 is 1.38. The molecule has 136 valence electrons. The van der Waals surface area contributed by atoms with Crippen LogP contribution >= 0.6 is 11.3 Å². The van der Waals surface area contributed by atoms with E-state index in [1.807, 2.05) is 0 Å². The van der Waals surface area contributed by atoms with E-state index in [4.69, 9.17) is 4.74 Å². The molecule has 2 rings (SSSR count). The topological polar surface area (TPSA) is 111 Å². The molecule has 0 aromatic carbocycles. The minimum atomic E-state index is -0.656. The van der Waals surface area contributed by atoms with Gasteiger partial charge >= 0.3 is 11.9 Å². The van der Waals surface area contributed by atoms with Gasteiger partial charge in [-0.1, -0.05) is 0 Å². The Labute approximate surface area is 148 Å². The van der Waals surface area contributed by atoms with E-state index >= 15 is 0 Å². The summed E-state index contributed by atoms with van der Waals surface area (Å²) < 4.78 is 9.45. The van der Waals surface area contributed by atoms with Crippen LogP contribution in [0.2, 0.25) is 0 Å². The second-order valence-electron chi connectivity index (χ2n) is 5.53. The smallest absolute Gasteiger partial charge is 0.341 e. The molecule has 25 heavy (non-hydrogen) atoms. The molecule has 1 aromatic heterocycles. The lowest BCUT2D eigenvalue weighted by molar-refractivity contribution is -0.141. The Balaban J connectivity index is 2.05. The van der Waals surface area contributed by atoms with Crippen molar-refractivity contribution in [2.24, 2.45) is 0 Å². The van der Waals surface area contributed by atoms with Gasteiger partial charge in [0.15, 0.2) is 6.61 Å². The van der Waals surface area contributed by atoms with E-state index in [0.29, 0.717) is 10.6 Å². The van der Waals surface area contributed by atoms with Crippen LogP contribution in [0.1, 0.15) is 40.6 Å². The van der Waals surface area contributed by atoms with Gasteiger partial charge in [-0.3, -0.25) is 14.4 Å². The lowest BCUT2D eigenvalue weighted by atomic mass is 9.95. The van der Waals surface area contributed by atoms with E-state index in [1.54, 1.807) is 0 Å². The van der Waals surface area contributed by atoms with Crippen LogP contribution in [0.4, 0.5) is 5.00 Å². The molecule has 0 saturated heterocycles. The van der Waals surface area contributed by atoms with Crippen LogP contribution in [0.15, 0.2) is 0 Å².